The Labute approximate surface area is 187 Å². The van der Waals surface area contributed by atoms with Crippen LogP contribution in [0.2, 0.25) is 0 Å². The number of halogens is 1. The smallest absolute Gasteiger partial charge is 0.262 e. The summed E-state index contributed by atoms with van der Waals surface area (Å²) in [6.07, 6.45) is -0.945. The zero-order valence-corrected chi connectivity index (χ0v) is 18.0. The van der Waals surface area contributed by atoms with Gasteiger partial charge in [-0.25, -0.2) is 5.06 Å². The molecule has 0 saturated carbocycles. The number of hydrogen-bond donors (Lipinski definition) is 1. The lowest BCUT2D eigenvalue weighted by molar-refractivity contribution is -0.143. The van der Waals surface area contributed by atoms with Crippen molar-refractivity contribution in [2.75, 3.05) is 5.06 Å². The van der Waals surface area contributed by atoms with E-state index in [0.717, 1.165) is 10.0 Å². The van der Waals surface area contributed by atoms with E-state index in [9.17, 15) is 14.7 Å². The van der Waals surface area contributed by atoms with Crippen LogP contribution in [-0.2, 0) is 21.0 Å². The van der Waals surface area contributed by atoms with Crippen LogP contribution in [-0.4, -0.2) is 27.9 Å². The molecule has 5 rings (SSSR count). The number of fused-ring (bicyclic) bond motifs is 1. The highest BCUT2D eigenvalue weighted by atomic mass is 79.9. The molecule has 0 unspecified atom stereocenters. The minimum Gasteiger partial charge on any atom is -0.508 e. The molecule has 3 aromatic carbocycles. The summed E-state index contributed by atoms with van der Waals surface area (Å²) in [6.45, 7) is 0.192. The van der Waals surface area contributed by atoms with Crippen molar-refractivity contribution in [1.82, 2.24) is 4.90 Å². The number of nitrogens with zero attached hydrogens (tertiary/aromatic N) is 2. The van der Waals surface area contributed by atoms with Crippen molar-refractivity contribution in [2.45, 2.75) is 18.7 Å². The average molecular weight is 479 g/mol. The number of likely N-dealkylation sites (tertiary alicyclic amines) is 1. The first-order chi connectivity index (χ1) is 15.0. The van der Waals surface area contributed by atoms with E-state index in [2.05, 4.69) is 15.9 Å². The van der Waals surface area contributed by atoms with Crippen LogP contribution in [0.5, 0.6) is 5.75 Å². The van der Waals surface area contributed by atoms with Crippen LogP contribution in [0.1, 0.15) is 17.2 Å². The van der Waals surface area contributed by atoms with Gasteiger partial charge in [-0.1, -0.05) is 64.5 Å². The topological polar surface area (TPSA) is 70.1 Å². The molecule has 3 aromatic rings. The first-order valence-corrected chi connectivity index (χ1v) is 10.7. The van der Waals surface area contributed by atoms with Gasteiger partial charge in [0, 0.05) is 10.0 Å². The van der Waals surface area contributed by atoms with Gasteiger partial charge in [-0.15, -0.1) is 0 Å². The number of rotatable bonds is 4. The minimum absolute atomic E-state index is 0.0418. The lowest BCUT2D eigenvalue weighted by Crippen LogP contribution is -2.37. The molecule has 2 aliphatic heterocycles. The molecule has 3 atom stereocenters. The number of carbonyl (C=O) groups is 2. The van der Waals surface area contributed by atoms with Crippen LogP contribution >= 0.6 is 15.9 Å². The summed E-state index contributed by atoms with van der Waals surface area (Å²) in [5, 5.41) is 12.2. The number of hydroxylamine groups is 1. The Balaban J connectivity index is 1.56. The number of para-hydroxylation sites is 1. The number of benzene rings is 3. The third kappa shape index (κ3) is 3.40. The Bertz CT molecular complexity index is 1140. The summed E-state index contributed by atoms with van der Waals surface area (Å²) in [5.74, 6) is -1.39. The van der Waals surface area contributed by atoms with Crippen LogP contribution in [0.4, 0.5) is 5.69 Å². The second-order valence-corrected chi connectivity index (χ2v) is 8.53. The lowest BCUT2D eigenvalue weighted by atomic mass is 9.90. The van der Waals surface area contributed by atoms with Crippen LogP contribution in [0.15, 0.2) is 83.3 Å². The molecule has 2 fully saturated rings. The molecule has 0 aliphatic carbocycles. The summed E-state index contributed by atoms with van der Waals surface area (Å²) < 4.78 is 0.759. The first-order valence-electron chi connectivity index (χ1n) is 9.93. The van der Waals surface area contributed by atoms with Crippen LogP contribution in [0.25, 0.3) is 0 Å². The highest BCUT2D eigenvalue weighted by Gasteiger charge is 2.60. The quantitative estimate of drug-likeness (QED) is 0.569. The number of anilines is 1. The van der Waals surface area contributed by atoms with Crippen molar-refractivity contribution in [3.8, 4) is 5.75 Å². The van der Waals surface area contributed by atoms with Gasteiger partial charge in [0.15, 0.2) is 6.10 Å². The molecule has 2 saturated heterocycles. The van der Waals surface area contributed by atoms with E-state index in [0.29, 0.717) is 11.3 Å². The standard InChI is InChI=1S/C24H19BrN2O4/c25-16-11-12-19(28)18(13-16)21-20-22(31-27(21)17-9-5-2-6-10-17)24(30)26(23(20)29)14-15-7-3-1-4-8-15/h1-13,20-22,28H,14H2/t20-,21-,22+/m0/s1. The number of carbonyl (C=O) groups excluding carboxylic acids is 2. The predicted octanol–water partition coefficient (Wildman–Crippen LogP) is 4.20. The maximum atomic E-state index is 13.5. The monoisotopic (exact) mass is 478 g/mol. The van der Waals surface area contributed by atoms with Crippen molar-refractivity contribution >= 4 is 33.4 Å². The molecule has 31 heavy (non-hydrogen) atoms. The maximum Gasteiger partial charge on any atom is 0.262 e. The lowest BCUT2D eigenvalue weighted by Gasteiger charge is -2.29. The molecule has 7 heteroatoms. The van der Waals surface area contributed by atoms with Crippen molar-refractivity contribution in [3.63, 3.8) is 0 Å². The van der Waals surface area contributed by atoms with Gasteiger partial charge in [-0.3, -0.25) is 19.3 Å². The van der Waals surface area contributed by atoms with E-state index in [1.165, 1.54) is 4.90 Å². The zero-order chi connectivity index (χ0) is 21.5. The molecule has 0 spiro atoms. The van der Waals surface area contributed by atoms with Gasteiger partial charge in [0.25, 0.3) is 5.91 Å². The normalized spacial score (nSPS) is 22.8. The number of hydrogen-bond acceptors (Lipinski definition) is 5. The molecule has 2 aliphatic rings. The molecule has 2 amide bonds. The van der Waals surface area contributed by atoms with Crippen molar-refractivity contribution < 1.29 is 19.5 Å². The van der Waals surface area contributed by atoms with E-state index in [4.69, 9.17) is 4.84 Å². The van der Waals surface area contributed by atoms with Crippen molar-refractivity contribution in [1.29, 1.82) is 0 Å². The summed E-state index contributed by atoms with van der Waals surface area (Å²) >= 11 is 3.44. The Morgan fingerprint density at radius 2 is 1.58 bits per heavy atom. The number of phenols is 1. The van der Waals surface area contributed by atoms with Gasteiger partial charge < -0.3 is 5.11 Å². The third-order valence-electron chi connectivity index (χ3n) is 5.71. The molecule has 156 valence electrons. The van der Waals surface area contributed by atoms with Crippen LogP contribution < -0.4 is 5.06 Å². The predicted molar refractivity (Wildman–Crippen MR) is 118 cm³/mol. The molecular formula is C24H19BrN2O4. The molecule has 6 nitrogen and oxygen atoms in total. The molecule has 0 bridgehead atoms. The number of phenolic OH excluding ortho intramolecular Hbond substituents is 1. The Hall–Kier alpha value is -3.16. The largest absolute Gasteiger partial charge is 0.508 e. The summed E-state index contributed by atoms with van der Waals surface area (Å²) in [4.78, 5) is 34.0. The van der Waals surface area contributed by atoms with Gasteiger partial charge in [-0.2, -0.15) is 0 Å². The Morgan fingerprint density at radius 3 is 2.29 bits per heavy atom. The fourth-order valence-electron chi connectivity index (χ4n) is 4.27. The average Bonchev–Trinajstić information content (AvgIpc) is 3.29. The fourth-order valence-corrected chi connectivity index (χ4v) is 4.65. The van der Waals surface area contributed by atoms with Crippen molar-refractivity contribution in [3.05, 3.63) is 94.5 Å². The molecule has 0 aromatic heterocycles. The third-order valence-corrected chi connectivity index (χ3v) is 6.20. The first kappa shape index (κ1) is 19.8. The van der Waals surface area contributed by atoms with Gasteiger partial charge in [0.1, 0.15) is 11.7 Å². The van der Waals surface area contributed by atoms with Crippen molar-refractivity contribution in [2.24, 2.45) is 5.92 Å². The summed E-state index contributed by atoms with van der Waals surface area (Å²) in [7, 11) is 0. The number of imide groups is 1. The van der Waals surface area contributed by atoms with Gasteiger partial charge in [0.05, 0.1) is 18.3 Å². The van der Waals surface area contributed by atoms with Gasteiger partial charge in [-0.05, 0) is 35.9 Å². The van der Waals surface area contributed by atoms with Crippen LogP contribution in [0.3, 0.4) is 0 Å². The Kier molecular flexibility index (Phi) is 5.00. The summed E-state index contributed by atoms with van der Waals surface area (Å²) in [6, 6.07) is 23.1. The van der Waals surface area contributed by atoms with Gasteiger partial charge in [0.2, 0.25) is 5.91 Å². The van der Waals surface area contributed by atoms with Crippen LogP contribution in [0, 0.1) is 5.92 Å². The zero-order valence-electron chi connectivity index (χ0n) is 16.4. The van der Waals surface area contributed by atoms with E-state index < -0.39 is 18.1 Å². The second-order valence-electron chi connectivity index (χ2n) is 7.61. The minimum atomic E-state index is -0.945. The molecule has 0 radical (unpaired) electrons. The molecule has 1 N–H and O–H groups in total. The maximum absolute atomic E-state index is 13.5. The number of aromatic hydroxyl groups is 1. The van der Waals surface area contributed by atoms with E-state index >= 15 is 0 Å². The van der Waals surface area contributed by atoms with Gasteiger partial charge >= 0.3 is 0 Å². The molecular weight excluding hydrogens is 460 g/mol. The highest BCUT2D eigenvalue weighted by Crippen LogP contribution is 2.49. The summed E-state index contributed by atoms with van der Waals surface area (Å²) in [5.41, 5.74) is 2.09. The van der Waals surface area contributed by atoms with E-state index in [1.54, 1.807) is 23.3 Å². The Morgan fingerprint density at radius 1 is 0.903 bits per heavy atom. The van der Waals surface area contributed by atoms with E-state index in [1.807, 2.05) is 60.7 Å². The van der Waals surface area contributed by atoms with E-state index in [-0.39, 0.29) is 24.1 Å². The SMILES string of the molecule is O=C1[C@@H]2[C@@H](ON(c3ccccc3)[C@H]2c2cc(Br)ccc2O)C(=O)N1Cc1ccccc1. The second kappa shape index (κ2) is 7.83. The number of amides is 2. The highest BCUT2D eigenvalue weighted by molar-refractivity contribution is 9.10. The molecule has 2 heterocycles. The fraction of sp³-hybridized carbons (Fsp3) is 0.167.